The molecular formula is C16H17N3O4. The third-order valence-corrected chi connectivity index (χ3v) is 3.80. The molecule has 0 aliphatic carbocycles. The molecule has 0 atom stereocenters. The van der Waals surface area contributed by atoms with Crippen LogP contribution in [0.1, 0.15) is 32.0 Å². The van der Waals surface area contributed by atoms with Crippen LogP contribution in [-0.4, -0.2) is 25.6 Å². The summed E-state index contributed by atoms with van der Waals surface area (Å²) in [6.45, 7) is 7.93. The van der Waals surface area contributed by atoms with Gasteiger partial charge in [0.05, 0.1) is 16.7 Å². The zero-order valence-corrected chi connectivity index (χ0v) is 13.3. The standard InChI is InChI=1S/C16H17N3O4/c1-8-14(23-15(21)22)18-12-13(20)17-10-7-9(16(2,3)4)5-6-11(10)19(8)12/h5-7H,1-4H3,(H,17,20)(H,21,22). The minimum Gasteiger partial charge on any atom is -0.449 e. The normalized spacial score (nSPS) is 12.0. The molecule has 7 nitrogen and oxygen atoms in total. The molecule has 3 rings (SSSR count). The van der Waals surface area contributed by atoms with Crippen molar-refractivity contribution in [2.24, 2.45) is 0 Å². The number of rotatable bonds is 1. The van der Waals surface area contributed by atoms with E-state index in [0.29, 0.717) is 11.2 Å². The van der Waals surface area contributed by atoms with Gasteiger partial charge < -0.3 is 14.8 Å². The first-order valence-corrected chi connectivity index (χ1v) is 7.15. The van der Waals surface area contributed by atoms with Gasteiger partial charge in [-0.3, -0.25) is 9.20 Å². The first kappa shape index (κ1) is 15.1. The molecule has 0 bridgehead atoms. The molecule has 2 heterocycles. The predicted molar refractivity (Wildman–Crippen MR) is 85.4 cm³/mol. The number of benzene rings is 1. The Bertz CT molecular complexity index is 992. The second kappa shape index (κ2) is 4.84. The maximum Gasteiger partial charge on any atom is 0.512 e. The minimum absolute atomic E-state index is 0.0540. The Morgan fingerprint density at radius 1 is 1.35 bits per heavy atom. The molecule has 7 heteroatoms. The van der Waals surface area contributed by atoms with Crippen molar-refractivity contribution in [3.8, 4) is 5.88 Å². The smallest absolute Gasteiger partial charge is 0.449 e. The zero-order chi connectivity index (χ0) is 16.9. The highest BCUT2D eigenvalue weighted by molar-refractivity contribution is 5.79. The Morgan fingerprint density at radius 3 is 2.65 bits per heavy atom. The number of hydrogen-bond acceptors (Lipinski definition) is 4. The number of fused-ring (bicyclic) bond motifs is 3. The van der Waals surface area contributed by atoms with Crippen LogP contribution in [0.5, 0.6) is 5.88 Å². The van der Waals surface area contributed by atoms with Crippen molar-refractivity contribution in [2.45, 2.75) is 33.1 Å². The molecule has 0 saturated heterocycles. The molecule has 0 aliphatic heterocycles. The number of nitrogens with one attached hydrogen (secondary N) is 1. The van der Waals surface area contributed by atoms with E-state index in [1.165, 1.54) is 0 Å². The number of aromatic amines is 1. The van der Waals surface area contributed by atoms with Gasteiger partial charge in [0.2, 0.25) is 11.5 Å². The molecule has 0 spiro atoms. The summed E-state index contributed by atoms with van der Waals surface area (Å²) in [6, 6.07) is 5.79. The van der Waals surface area contributed by atoms with Gasteiger partial charge in [0, 0.05) is 0 Å². The fourth-order valence-corrected chi connectivity index (χ4v) is 2.58. The van der Waals surface area contributed by atoms with Crippen LogP contribution in [0.15, 0.2) is 23.0 Å². The van der Waals surface area contributed by atoms with Gasteiger partial charge in [0.1, 0.15) is 0 Å². The quantitative estimate of drug-likeness (QED) is 0.673. The van der Waals surface area contributed by atoms with Gasteiger partial charge in [-0.1, -0.05) is 26.8 Å². The molecule has 0 unspecified atom stereocenters. The Balaban J connectivity index is 2.36. The van der Waals surface area contributed by atoms with Crippen LogP contribution in [-0.2, 0) is 5.41 Å². The third-order valence-electron chi connectivity index (χ3n) is 3.80. The van der Waals surface area contributed by atoms with E-state index in [4.69, 9.17) is 5.11 Å². The lowest BCUT2D eigenvalue weighted by atomic mass is 9.87. The van der Waals surface area contributed by atoms with Crippen LogP contribution in [0.4, 0.5) is 4.79 Å². The maximum absolute atomic E-state index is 12.3. The first-order valence-electron chi connectivity index (χ1n) is 7.15. The van der Waals surface area contributed by atoms with Crippen LogP contribution >= 0.6 is 0 Å². The molecule has 0 amide bonds. The SMILES string of the molecule is Cc1c(OC(=O)O)nc2c(=O)[nH]c3cc(C(C)(C)C)ccc3n12. The molecule has 0 aliphatic rings. The number of ether oxygens (including phenoxy) is 1. The minimum atomic E-state index is -1.47. The lowest BCUT2D eigenvalue weighted by Crippen LogP contribution is -2.14. The Kier molecular flexibility index (Phi) is 3.17. The maximum atomic E-state index is 12.3. The number of hydrogen-bond donors (Lipinski definition) is 2. The molecule has 3 aromatic rings. The van der Waals surface area contributed by atoms with Crippen molar-refractivity contribution in [2.75, 3.05) is 0 Å². The van der Waals surface area contributed by atoms with Crippen molar-refractivity contribution in [1.29, 1.82) is 0 Å². The summed E-state index contributed by atoms with van der Waals surface area (Å²) in [7, 11) is 0. The first-order chi connectivity index (χ1) is 10.7. The largest absolute Gasteiger partial charge is 0.512 e. The Hall–Kier alpha value is -2.83. The topological polar surface area (TPSA) is 96.7 Å². The van der Waals surface area contributed by atoms with Crippen LogP contribution in [0, 0.1) is 6.92 Å². The molecule has 23 heavy (non-hydrogen) atoms. The summed E-state index contributed by atoms with van der Waals surface area (Å²) >= 11 is 0. The van der Waals surface area contributed by atoms with E-state index >= 15 is 0 Å². The van der Waals surface area contributed by atoms with Crippen molar-refractivity contribution < 1.29 is 14.6 Å². The fraction of sp³-hybridized carbons (Fsp3) is 0.312. The van der Waals surface area contributed by atoms with Crippen LogP contribution < -0.4 is 10.3 Å². The van der Waals surface area contributed by atoms with Crippen LogP contribution in [0.3, 0.4) is 0 Å². The molecule has 120 valence electrons. The Labute approximate surface area is 131 Å². The van der Waals surface area contributed by atoms with E-state index in [1.807, 2.05) is 18.2 Å². The molecule has 0 saturated carbocycles. The van der Waals surface area contributed by atoms with Crippen molar-refractivity contribution in [1.82, 2.24) is 14.4 Å². The summed E-state index contributed by atoms with van der Waals surface area (Å²) in [6.07, 6.45) is -1.47. The van der Waals surface area contributed by atoms with E-state index < -0.39 is 11.7 Å². The fourth-order valence-electron chi connectivity index (χ4n) is 2.58. The van der Waals surface area contributed by atoms with E-state index in [0.717, 1.165) is 11.1 Å². The van der Waals surface area contributed by atoms with Gasteiger partial charge in [-0.2, -0.15) is 4.98 Å². The van der Waals surface area contributed by atoms with E-state index in [1.54, 1.807) is 11.3 Å². The number of carboxylic acid groups (broad SMARTS) is 1. The average molecular weight is 315 g/mol. The predicted octanol–water partition coefficient (Wildman–Crippen LogP) is 2.84. The number of nitrogens with zero attached hydrogens (tertiary/aromatic N) is 2. The van der Waals surface area contributed by atoms with Crippen molar-refractivity contribution in [3.05, 3.63) is 39.8 Å². The van der Waals surface area contributed by atoms with Gasteiger partial charge in [0.15, 0.2) is 0 Å². The lowest BCUT2D eigenvalue weighted by molar-refractivity contribution is 0.142. The van der Waals surface area contributed by atoms with E-state index in [2.05, 4.69) is 35.5 Å². The molecule has 0 radical (unpaired) electrons. The number of aryl methyl sites for hydroxylation is 1. The van der Waals surface area contributed by atoms with Gasteiger partial charge in [-0.05, 0) is 30.0 Å². The number of carbonyl (C=O) groups is 1. The number of aromatic nitrogens is 3. The summed E-state index contributed by atoms with van der Waals surface area (Å²) in [5, 5.41) is 8.77. The average Bonchev–Trinajstić information content (AvgIpc) is 2.75. The number of imidazole rings is 1. The summed E-state index contributed by atoms with van der Waals surface area (Å²) in [5.74, 6) is -0.0876. The monoisotopic (exact) mass is 315 g/mol. The highest BCUT2D eigenvalue weighted by Crippen LogP contribution is 2.27. The van der Waals surface area contributed by atoms with Gasteiger partial charge in [0.25, 0.3) is 5.56 Å². The molecule has 2 N–H and O–H groups in total. The van der Waals surface area contributed by atoms with Crippen molar-refractivity contribution in [3.63, 3.8) is 0 Å². The summed E-state index contributed by atoms with van der Waals surface area (Å²) < 4.78 is 6.25. The Morgan fingerprint density at radius 2 is 2.04 bits per heavy atom. The van der Waals surface area contributed by atoms with Gasteiger partial charge in [-0.25, -0.2) is 4.79 Å². The van der Waals surface area contributed by atoms with Gasteiger partial charge >= 0.3 is 6.16 Å². The highest BCUT2D eigenvalue weighted by Gasteiger charge is 2.19. The number of H-pyrrole nitrogens is 1. The van der Waals surface area contributed by atoms with Crippen LogP contribution in [0.25, 0.3) is 16.7 Å². The second-order valence-electron chi connectivity index (χ2n) is 6.47. The summed E-state index contributed by atoms with van der Waals surface area (Å²) in [5.41, 5.74) is 2.60. The second-order valence-corrected chi connectivity index (χ2v) is 6.47. The lowest BCUT2D eigenvalue weighted by Gasteiger charge is -2.19. The van der Waals surface area contributed by atoms with E-state index in [-0.39, 0.29) is 16.9 Å². The highest BCUT2D eigenvalue weighted by atomic mass is 16.7. The third kappa shape index (κ3) is 2.44. The molecular weight excluding hydrogens is 298 g/mol. The van der Waals surface area contributed by atoms with Crippen LogP contribution in [0.2, 0.25) is 0 Å². The summed E-state index contributed by atoms with van der Waals surface area (Å²) in [4.78, 5) is 29.8. The van der Waals surface area contributed by atoms with E-state index in [9.17, 15) is 9.59 Å². The van der Waals surface area contributed by atoms with Crippen molar-refractivity contribution >= 4 is 22.8 Å². The molecule has 2 aromatic heterocycles. The molecule has 1 aromatic carbocycles. The van der Waals surface area contributed by atoms with Gasteiger partial charge in [-0.15, -0.1) is 0 Å². The molecule has 0 fully saturated rings. The zero-order valence-electron chi connectivity index (χ0n) is 13.3.